The summed E-state index contributed by atoms with van der Waals surface area (Å²) in [5, 5.41) is 1.50. The molecule has 2 saturated heterocycles. The van der Waals surface area contributed by atoms with Crippen molar-refractivity contribution in [3.05, 3.63) is 22.7 Å². The van der Waals surface area contributed by atoms with Crippen LogP contribution >= 0.6 is 15.9 Å². The van der Waals surface area contributed by atoms with E-state index < -0.39 is 87.1 Å². The number of carbonyl (C=O) groups excluding carboxylic acids is 2. The second-order valence-electron chi connectivity index (χ2n) is 8.51. The Kier molecular flexibility index (Phi) is 7.42. The van der Waals surface area contributed by atoms with Crippen LogP contribution in [0.25, 0.3) is 0 Å². The van der Waals surface area contributed by atoms with Gasteiger partial charge in [-0.25, -0.2) is 0 Å². The van der Waals surface area contributed by atoms with Crippen LogP contribution < -0.4 is 10.6 Å². The molecular formula is C18H5BrF18N2O4. The lowest BCUT2D eigenvalue weighted by molar-refractivity contribution is -0.366. The first kappa shape index (κ1) is 34.8. The molecule has 6 nitrogen and oxygen atoms in total. The van der Waals surface area contributed by atoms with Gasteiger partial charge in [-0.2, -0.15) is 79.0 Å². The van der Waals surface area contributed by atoms with Gasteiger partial charge in [0, 0.05) is 15.8 Å². The highest BCUT2D eigenvalue weighted by molar-refractivity contribution is 9.10. The summed E-state index contributed by atoms with van der Waals surface area (Å²) in [6.45, 7) is 0. The van der Waals surface area contributed by atoms with Crippen LogP contribution in [-0.2, 0) is 19.1 Å². The van der Waals surface area contributed by atoms with E-state index in [2.05, 4.69) is 25.4 Å². The number of nitrogens with one attached hydrogen (secondary N) is 2. The molecule has 2 aliphatic heterocycles. The Hall–Kier alpha value is -2.70. The highest BCUT2D eigenvalue weighted by Gasteiger charge is 2.97. The van der Waals surface area contributed by atoms with Crippen LogP contribution in [0.5, 0.6) is 0 Å². The van der Waals surface area contributed by atoms with E-state index in [1.54, 1.807) is 0 Å². The van der Waals surface area contributed by atoms with E-state index in [9.17, 15) is 88.6 Å². The van der Waals surface area contributed by atoms with Crippen molar-refractivity contribution in [3.8, 4) is 0 Å². The molecule has 43 heavy (non-hydrogen) atoms. The molecule has 25 heteroatoms. The van der Waals surface area contributed by atoms with E-state index in [0.717, 1.165) is 10.6 Å². The number of rotatable bonds is 6. The van der Waals surface area contributed by atoms with Gasteiger partial charge in [-0.05, 0) is 18.2 Å². The van der Waals surface area contributed by atoms with Gasteiger partial charge < -0.3 is 10.6 Å². The van der Waals surface area contributed by atoms with E-state index in [1.165, 1.54) is 0 Å². The largest absolute Gasteiger partial charge is 0.428 e. The van der Waals surface area contributed by atoms with Gasteiger partial charge in [-0.3, -0.25) is 19.1 Å². The number of ether oxygens (including phenoxy) is 2. The Morgan fingerprint density at radius 2 is 0.837 bits per heavy atom. The monoisotopic (exact) mass is 734 g/mol. The number of hydrogen-bond donors (Lipinski definition) is 2. The fraction of sp³-hybridized carbons (Fsp3) is 0.556. The predicted octanol–water partition coefficient (Wildman–Crippen LogP) is 6.72. The topological polar surface area (TPSA) is 76.7 Å². The molecule has 2 heterocycles. The summed E-state index contributed by atoms with van der Waals surface area (Å²) in [6.07, 6.45) is -13.2. The highest BCUT2D eigenvalue weighted by atomic mass is 79.9. The first-order valence-electron chi connectivity index (χ1n) is 10.0. The quantitative estimate of drug-likeness (QED) is 0.319. The number of halogens is 19. The zero-order valence-corrected chi connectivity index (χ0v) is 20.6. The highest BCUT2D eigenvalue weighted by Crippen LogP contribution is 2.66. The molecular weight excluding hydrogens is 730 g/mol. The molecule has 244 valence electrons. The van der Waals surface area contributed by atoms with Gasteiger partial charge in [0.15, 0.2) is 0 Å². The fourth-order valence-corrected chi connectivity index (χ4v) is 3.84. The molecule has 2 N–H and O–H groups in total. The summed E-state index contributed by atoms with van der Waals surface area (Å²) in [6, 6.07) is 0.585. The zero-order valence-electron chi connectivity index (χ0n) is 19.0. The summed E-state index contributed by atoms with van der Waals surface area (Å²) in [5.74, 6) is -61.9. The maximum atomic E-state index is 14.3. The van der Waals surface area contributed by atoms with E-state index in [-0.39, 0.29) is 6.07 Å². The molecule has 0 aromatic heterocycles. The number of alkyl halides is 18. The molecule has 0 aliphatic carbocycles. The Bertz CT molecular complexity index is 1260. The van der Waals surface area contributed by atoms with Crippen LogP contribution in [0.15, 0.2) is 22.7 Å². The average Bonchev–Trinajstić information content (AvgIpc) is 2.98. The lowest BCUT2D eigenvalue weighted by Crippen LogP contribution is -2.63. The third-order valence-electron chi connectivity index (χ3n) is 5.66. The van der Waals surface area contributed by atoms with Crippen LogP contribution in [0.4, 0.5) is 90.4 Å². The van der Waals surface area contributed by atoms with Gasteiger partial charge in [-0.15, -0.1) is 0 Å². The first-order chi connectivity index (χ1) is 18.8. The van der Waals surface area contributed by atoms with Crippen molar-refractivity contribution in [2.45, 2.75) is 59.5 Å². The SMILES string of the molecule is O=C(Nc1cc(Br)cc(NC(=O)C(F)(F)[C@]2(F)OC(F)(F)C(F)(F)C2(F)F)c1)C(F)(F)[C@]1(F)OC(F)(F)C(F)(F)C1(F)F. The van der Waals surface area contributed by atoms with Gasteiger partial charge in [-0.1, -0.05) is 15.9 Å². The molecule has 2 amide bonds. The molecule has 2 fully saturated rings. The second-order valence-corrected chi connectivity index (χ2v) is 9.43. The molecule has 2 atom stereocenters. The molecule has 0 saturated carbocycles. The maximum absolute atomic E-state index is 14.3. The minimum atomic E-state index is -7.10. The smallest absolute Gasteiger partial charge is 0.321 e. The molecule has 3 rings (SSSR count). The third-order valence-corrected chi connectivity index (χ3v) is 6.11. The van der Waals surface area contributed by atoms with Crippen molar-refractivity contribution in [1.29, 1.82) is 0 Å². The Labute approximate surface area is 230 Å². The third kappa shape index (κ3) is 4.26. The van der Waals surface area contributed by atoms with Crippen molar-refractivity contribution in [3.63, 3.8) is 0 Å². The first-order valence-corrected chi connectivity index (χ1v) is 10.8. The second kappa shape index (κ2) is 9.17. The van der Waals surface area contributed by atoms with Crippen LogP contribution in [0.3, 0.4) is 0 Å². The maximum Gasteiger partial charge on any atom is 0.428 e. The molecule has 0 radical (unpaired) electrons. The van der Waals surface area contributed by atoms with Gasteiger partial charge in [0.25, 0.3) is 0 Å². The standard InChI is InChI=1S/C18H5BrF18N2O4/c19-4-1-5(38-7(40)9(20,21)15(32)11(24,25)13(28,29)17(34,35)42-15)3-6(2-4)39-8(41)10(22,23)16(33)12(26,27)14(30,31)18(36,37)43-16/h1-3H,(H,38,40)(H,39,41)/t15-,16-/m0/s1. The summed E-state index contributed by atoms with van der Waals surface area (Å²) < 4.78 is 249. The molecule has 0 unspecified atom stereocenters. The normalized spacial score (nSPS) is 30.1. The van der Waals surface area contributed by atoms with Crippen molar-refractivity contribution in [2.75, 3.05) is 10.6 Å². The Balaban J connectivity index is 1.91. The summed E-state index contributed by atoms with van der Waals surface area (Å²) in [7, 11) is 0. The van der Waals surface area contributed by atoms with Crippen LogP contribution in [-0.4, -0.2) is 71.3 Å². The lowest BCUT2D eigenvalue weighted by atomic mass is 9.99. The van der Waals surface area contributed by atoms with Crippen molar-refractivity contribution in [1.82, 2.24) is 0 Å². The number of carbonyl (C=O) groups is 2. The van der Waals surface area contributed by atoms with E-state index >= 15 is 0 Å². The molecule has 1 aromatic carbocycles. The summed E-state index contributed by atoms with van der Waals surface area (Å²) >= 11 is 2.43. The van der Waals surface area contributed by atoms with Gasteiger partial charge in [0.2, 0.25) is 0 Å². The Morgan fingerprint density at radius 1 is 0.558 bits per heavy atom. The van der Waals surface area contributed by atoms with Crippen LogP contribution in [0.1, 0.15) is 0 Å². The number of hydrogen-bond acceptors (Lipinski definition) is 4. The van der Waals surface area contributed by atoms with Gasteiger partial charge >= 0.3 is 71.3 Å². The minimum absolute atomic E-state index is 0.0732. The lowest BCUT2D eigenvalue weighted by Gasteiger charge is -2.32. The predicted molar refractivity (Wildman–Crippen MR) is 101 cm³/mol. The molecule has 2 aliphatic rings. The van der Waals surface area contributed by atoms with Crippen LogP contribution in [0.2, 0.25) is 0 Å². The molecule has 0 spiro atoms. The fourth-order valence-electron chi connectivity index (χ4n) is 3.35. The summed E-state index contributed by atoms with van der Waals surface area (Å²) in [5.41, 5.74) is -2.81. The minimum Gasteiger partial charge on any atom is -0.321 e. The number of anilines is 2. The van der Waals surface area contributed by atoms with Crippen molar-refractivity contribution < 1.29 is 98.1 Å². The van der Waals surface area contributed by atoms with Crippen molar-refractivity contribution in [2.24, 2.45) is 0 Å². The summed E-state index contributed by atoms with van der Waals surface area (Å²) in [4.78, 5) is 23.7. The average molecular weight is 735 g/mol. The van der Waals surface area contributed by atoms with Gasteiger partial charge in [0.05, 0.1) is 0 Å². The van der Waals surface area contributed by atoms with Crippen molar-refractivity contribution >= 4 is 39.1 Å². The van der Waals surface area contributed by atoms with E-state index in [4.69, 9.17) is 0 Å². The Morgan fingerprint density at radius 3 is 1.07 bits per heavy atom. The van der Waals surface area contributed by atoms with Crippen LogP contribution in [0, 0.1) is 0 Å². The number of benzene rings is 1. The number of amides is 2. The van der Waals surface area contributed by atoms with Gasteiger partial charge in [0.1, 0.15) is 0 Å². The molecule has 0 bridgehead atoms. The van der Waals surface area contributed by atoms with E-state index in [0.29, 0.717) is 12.1 Å². The van der Waals surface area contributed by atoms with E-state index in [1.807, 2.05) is 0 Å². The molecule has 1 aromatic rings. The zero-order chi connectivity index (χ0) is 33.8.